The van der Waals surface area contributed by atoms with Crippen molar-refractivity contribution in [3.8, 4) is 0 Å². The maximum absolute atomic E-state index is 12.9. The Morgan fingerprint density at radius 2 is 1.29 bits per heavy atom. The van der Waals surface area contributed by atoms with Gasteiger partial charge in [0.15, 0.2) is 0 Å². The molecule has 0 rings (SSSR count). The Morgan fingerprint density at radius 1 is 0.794 bits per heavy atom. The smallest absolute Gasteiger partial charge is 0.311 e. The molecule has 0 aliphatic rings. The number of carboxylic acid groups (broad SMARTS) is 2. The highest BCUT2D eigenvalue weighted by Gasteiger charge is 2.47. The van der Waals surface area contributed by atoms with Crippen LogP contribution in [0.5, 0.6) is 0 Å². The van der Waals surface area contributed by atoms with Crippen molar-refractivity contribution in [2.45, 2.75) is 93.4 Å². The fourth-order valence-corrected chi connectivity index (χ4v) is 5.30. The van der Waals surface area contributed by atoms with Crippen LogP contribution in [0.4, 0.5) is 0 Å². The van der Waals surface area contributed by atoms with Crippen LogP contribution in [0.15, 0.2) is 0 Å². The highest BCUT2D eigenvalue weighted by atomic mass is 16.5. The van der Waals surface area contributed by atoms with Crippen LogP contribution < -0.4 is 0 Å². The van der Waals surface area contributed by atoms with Gasteiger partial charge in [0.2, 0.25) is 0 Å². The van der Waals surface area contributed by atoms with Gasteiger partial charge in [-0.25, -0.2) is 0 Å². The van der Waals surface area contributed by atoms with E-state index in [2.05, 4.69) is 13.8 Å². The van der Waals surface area contributed by atoms with Gasteiger partial charge in [-0.15, -0.1) is 0 Å². The highest BCUT2D eigenvalue weighted by molar-refractivity contribution is 5.81. The summed E-state index contributed by atoms with van der Waals surface area (Å²) in [6.07, 6.45) is 3.20. The van der Waals surface area contributed by atoms with Crippen LogP contribution in [0.1, 0.15) is 93.4 Å². The van der Waals surface area contributed by atoms with Gasteiger partial charge in [-0.1, -0.05) is 41.0 Å². The number of carbonyl (C=O) groups excluding carboxylic acids is 2. The molecule has 8 heteroatoms. The highest BCUT2D eigenvalue weighted by Crippen LogP contribution is 2.46. The summed E-state index contributed by atoms with van der Waals surface area (Å²) in [7, 11) is 2.55. The van der Waals surface area contributed by atoms with Gasteiger partial charge in [0.25, 0.3) is 0 Å². The van der Waals surface area contributed by atoms with E-state index in [1.807, 2.05) is 13.8 Å². The average molecular weight is 487 g/mol. The first kappa shape index (κ1) is 31.9. The second kappa shape index (κ2) is 13.1. The van der Waals surface area contributed by atoms with Crippen molar-refractivity contribution in [3.05, 3.63) is 0 Å². The molecule has 0 spiro atoms. The molecule has 5 atom stereocenters. The van der Waals surface area contributed by atoms with Crippen LogP contribution in [0.25, 0.3) is 0 Å². The van der Waals surface area contributed by atoms with E-state index in [0.717, 1.165) is 6.42 Å². The fraction of sp³-hybridized carbons (Fsp3) is 0.846. The zero-order chi connectivity index (χ0) is 26.9. The molecule has 2 N–H and O–H groups in total. The van der Waals surface area contributed by atoms with Crippen LogP contribution in [-0.2, 0) is 28.7 Å². The van der Waals surface area contributed by atoms with Gasteiger partial charge in [-0.05, 0) is 63.7 Å². The third-order valence-electron chi connectivity index (χ3n) is 7.15. The molecule has 0 saturated carbocycles. The molecule has 0 heterocycles. The number of carbonyl (C=O) groups is 4. The summed E-state index contributed by atoms with van der Waals surface area (Å²) < 4.78 is 10.1. The number of esters is 2. The molecule has 0 aromatic rings. The van der Waals surface area contributed by atoms with E-state index in [1.165, 1.54) is 21.1 Å². The van der Waals surface area contributed by atoms with Gasteiger partial charge >= 0.3 is 23.9 Å². The SMILES string of the molecule is CCCC(C(=O)O)C(C)CC(C)(C)CCC(C)(CC(C)(CC(C)C(=O)O)C(=O)OC)C(=O)OC. The number of carboxylic acids is 2. The monoisotopic (exact) mass is 486 g/mol. The van der Waals surface area contributed by atoms with Crippen molar-refractivity contribution in [2.24, 2.45) is 34.0 Å². The van der Waals surface area contributed by atoms with E-state index >= 15 is 0 Å². The summed E-state index contributed by atoms with van der Waals surface area (Å²) in [6.45, 7) is 12.9. The molecule has 0 aromatic heterocycles. The van der Waals surface area contributed by atoms with Crippen molar-refractivity contribution in [3.63, 3.8) is 0 Å². The quantitative estimate of drug-likeness (QED) is 0.286. The lowest BCUT2D eigenvalue weighted by Crippen LogP contribution is -2.42. The summed E-state index contributed by atoms with van der Waals surface area (Å²) in [4.78, 5) is 48.8. The molecule has 0 aliphatic heterocycles. The summed E-state index contributed by atoms with van der Waals surface area (Å²) in [6, 6.07) is 0. The summed E-state index contributed by atoms with van der Waals surface area (Å²) in [5.41, 5.74) is -2.50. The molecule has 0 bridgehead atoms. The number of methoxy groups -OCH3 is 2. The Labute approximate surface area is 204 Å². The van der Waals surface area contributed by atoms with Crippen LogP contribution in [0, 0.1) is 34.0 Å². The molecule has 8 nitrogen and oxygen atoms in total. The Bertz CT molecular complexity index is 716. The van der Waals surface area contributed by atoms with Gasteiger partial charge < -0.3 is 19.7 Å². The Balaban J connectivity index is 5.79. The minimum absolute atomic E-state index is 0.0271. The molecule has 0 aromatic carbocycles. The van der Waals surface area contributed by atoms with Gasteiger partial charge in [-0.3, -0.25) is 19.2 Å². The molecular formula is C26H46O8. The topological polar surface area (TPSA) is 127 Å². The standard InChI is InChI=1S/C26H46O8/c1-10-11-19(21(29)30)17(2)14-24(4,5)12-13-25(6,22(31)33-8)16-26(7,23(32)34-9)15-18(3)20(27)28/h17-19H,10-16H2,1-9H3,(H,27,28)(H,29,30). The minimum atomic E-state index is -1.19. The fourth-order valence-electron chi connectivity index (χ4n) is 5.30. The first-order chi connectivity index (χ1) is 15.5. The number of hydrogen-bond donors (Lipinski definition) is 2. The first-order valence-corrected chi connectivity index (χ1v) is 12.1. The Kier molecular flexibility index (Phi) is 12.3. The van der Waals surface area contributed by atoms with Crippen LogP contribution >= 0.6 is 0 Å². The van der Waals surface area contributed by atoms with Gasteiger partial charge in [0.1, 0.15) is 0 Å². The average Bonchev–Trinajstić information content (AvgIpc) is 2.73. The van der Waals surface area contributed by atoms with Gasteiger partial charge in [0, 0.05) is 0 Å². The lowest BCUT2D eigenvalue weighted by atomic mass is 9.65. The minimum Gasteiger partial charge on any atom is -0.481 e. The number of aliphatic carboxylic acids is 2. The number of ether oxygens (including phenoxy) is 2. The first-order valence-electron chi connectivity index (χ1n) is 12.1. The third-order valence-corrected chi connectivity index (χ3v) is 7.15. The zero-order valence-electron chi connectivity index (χ0n) is 22.5. The zero-order valence-corrected chi connectivity index (χ0v) is 22.5. The summed E-state index contributed by atoms with van der Waals surface area (Å²) in [5, 5.41) is 19.0. The molecule has 0 amide bonds. The van der Waals surface area contributed by atoms with Crippen molar-refractivity contribution in [2.75, 3.05) is 14.2 Å². The van der Waals surface area contributed by atoms with Gasteiger partial charge in [-0.2, -0.15) is 0 Å². The van der Waals surface area contributed by atoms with Gasteiger partial charge in [0.05, 0.1) is 36.9 Å². The second-order valence-electron chi connectivity index (χ2n) is 11.3. The number of hydrogen-bond acceptors (Lipinski definition) is 6. The molecule has 0 aliphatic carbocycles. The van der Waals surface area contributed by atoms with Crippen molar-refractivity contribution in [1.82, 2.24) is 0 Å². The lowest BCUT2D eigenvalue weighted by Gasteiger charge is -2.39. The maximum atomic E-state index is 12.9. The maximum Gasteiger partial charge on any atom is 0.311 e. The predicted molar refractivity (Wildman–Crippen MR) is 129 cm³/mol. The largest absolute Gasteiger partial charge is 0.481 e. The van der Waals surface area contributed by atoms with E-state index in [0.29, 0.717) is 25.7 Å². The number of rotatable bonds is 16. The van der Waals surface area contributed by atoms with E-state index in [-0.39, 0.29) is 24.2 Å². The molecule has 198 valence electrons. The van der Waals surface area contributed by atoms with E-state index in [4.69, 9.17) is 9.47 Å². The van der Waals surface area contributed by atoms with Crippen LogP contribution in [-0.4, -0.2) is 48.3 Å². The molecule has 0 saturated heterocycles. The van der Waals surface area contributed by atoms with Crippen LogP contribution in [0.3, 0.4) is 0 Å². The van der Waals surface area contributed by atoms with E-state index < -0.39 is 46.5 Å². The molecule has 34 heavy (non-hydrogen) atoms. The normalized spacial score (nSPS) is 18.0. The second-order valence-corrected chi connectivity index (χ2v) is 11.3. The molecular weight excluding hydrogens is 440 g/mol. The predicted octanol–water partition coefficient (Wildman–Crippen LogP) is 5.18. The summed E-state index contributed by atoms with van der Waals surface area (Å²) in [5.74, 6) is -4.09. The van der Waals surface area contributed by atoms with E-state index in [9.17, 15) is 29.4 Å². The Hall–Kier alpha value is -2.12. The van der Waals surface area contributed by atoms with Crippen molar-refractivity contribution < 1.29 is 38.9 Å². The third kappa shape index (κ3) is 9.26. The van der Waals surface area contributed by atoms with Crippen molar-refractivity contribution >= 4 is 23.9 Å². The molecule has 5 unspecified atom stereocenters. The van der Waals surface area contributed by atoms with Crippen molar-refractivity contribution in [1.29, 1.82) is 0 Å². The molecule has 0 fully saturated rings. The summed E-state index contributed by atoms with van der Waals surface area (Å²) >= 11 is 0. The Morgan fingerprint density at radius 3 is 1.71 bits per heavy atom. The van der Waals surface area contributed by atoms with Crippen LogP contribution in [0.2, 0.25) is 0 Å². The lowest BCUT2D eigenvalue weighted by molar-refractivity contribution is -0.163. The molecule has 0 radical (unpaired) electrons. The van der Waals surface area contributed by atoms with E-state index in [1.54, 1.807) is 13.8 Å².